The molecule has 0 radical (unpaired) electrons. The van der Waals surface area contributed by atoms with Gasteiger partial charge in [0.25, 0.3) is 5.91 Å². The largest absolute Gasteiger partial charge is 0.474 e. The number of hydrogen-bond donors (Lipinski definition) is 1. The maximum atomic E-state index is 12.0. The number of carbonyl (C=O) groups is 1. The minimum absolute atomic E-state index is 0.130. The van der Waals surface area contributed by atoms with Crippen molar-refractivity contribution in [1.29, 1.82) is 0 Å². The molecule has 0 aliphatic carbocycles. The van der Waals surface area contributed by atoms with Crippen molar-refractivity contribution in [1.82, 2.24) is 10.3 Å². The number of amides is 1. The lowest BCUT2D eigenvalue weighted by Gasteiger charge is -2.22. The summed E-state index contributed by atoms with van der Waals surface area (Å²) in [6, 6.07) is 3.39. The third kappa shape index (κ3) is 4.94. The molecule has 1 aliphatic heterocycles. The molecule has 1 aromatic rings. The number of aromatic nitrogens is 1. The Morgan fingerprint density at radius 2 is 2.09 bits per heavy atom. The molecule has 1 saturated heterocycles. The number of nitrogens with zero attached hydrogens (tertiary/aromatic N) is 1. The monoisotopic (exact) mass is 310 g/mol. The molecule has 0 atom stereocenters. The molecule has 7 nitrogen and oxygen atoms in total. The van der Waals surface area contributed by atoms with E-state index in [0.29, 0.717) is 24.7 Å². The summed E-state index contributed by atoms with van der Waals surface area (Å²) >= 11 is 0. The highest BCUT2D eigenvalue weighted by Crippen LogP contribution is 2.15. The molecule has 0 spiro atoms. The van der Waals surface area contributed by atoms with Gasteiger partial charge in [-0.1, -0.05) is 0 Å². The van der Waals surface area contributed by atoms with Gasteiger partial charge >= 0.3 is 0 Å². The van der Waals surface area contributed by atoms with Crippen LogP contribution in [0.3, 0.4) is 0 Å². The summed E-state index contributed by atoms with van der Waals surface area (Å²) in [5.41, 5.74) is 0.463. The van der Waals surface area contributed by atoms with E-state index in [1.54, 1.807) is 12.1 Å². The Balaban J connectivity index is 1.83. The van der Waals surface area contributed by atoms with E-state index in [4.69, 9.17) is 18.9 Å². The molecular formula is C15H22N2O5. The van der Waals surface area contributed by atoms with Crippen LogP contribution in [0.1, 0.15) is 23.2 Å². The smallest absolute Gasteiger partial charge is 0.253 e. The highest BCUT2D eigenvalue weighted by atomic mass is 16.7. The lowest BCUT2D eigenvalue weighted by molar-refractivity contribution is -0.0974. The molecule has 1 amide bonds. The van der Waals surface area contributed by atoms with E-state index >= 15 is 0 Å². The van der Waals surface area contributed by atoms with Crippen molar-refractivity contribution in [3.05, 3.63) is 23.9 Å². The van der Waals surface area contributed by atoms with E-state index in [2.05, 4.69) is 10.3 Å². The fourth-order valence-electron chi connectivity index (χ4n) is 2.09. The normalized spacial score (nSPS) is 15.8. The minimum atomic E-state index is -0.465. The van der Waals surface area contributed by atoms with Crippen molar-refractivity contribution < 1.29 is 23.7 Å². The van der Waals surface area contributed by atoms with Gasteiger partial charge in [0, 0.05) is 39.3 Å². The molecule has 2 heterocycles. The predicted octanol–water partition coefficient (Wildman–Crippen LogP) is 0.988. The fourth-order valence-corrected chi connectivity index (χ4v) is 2.09. The number of pyridine rings is 1. The van der Waals surface area contributed by atoms with Crippen LogP contribution in [-0.4, -0.2) is 57.3 Å². The second-order valence-electron chi connectivity index (χ2n) is 4.93. The maximum absolute atomic E-state index is 12.0. The van der Waals surface area contributed by atoms with Crippen LogP contribution in [-0.2, 0) is 14.2 Å². The molecule has 1 aliphatic rings. The number of nitrogens with one attached hydrogen (secondary N) is 1. The van der Waals surface area contributed by atoms with Crippen molar-refractivity contribution in [2.45, 2.75) is 25.2 Å². The van der Waals surface area contributed by atoms with Crippen molar-refractivity contribution in [3.8, 4) is 5.88 Å². The Hall–Kier alpha value is -1.70. The summed E-state index contributed by atoms with van der Waals surface area (Å²) in [6.45, 7) is 1.70. The minimum Gasteiger partial charge on any atom is -0.474 e. The van der Waals surface area contributed by atoms with Crippen LogP contribution in [0.15, 0.2) is 18.3 Å². The zero-order chi connectivity index (χ0) is 15.8. The highest BCUT2D eigenvalue weighted by molar-refractivity contribution is 5.93. The van der Waals surface area contributed by atoms with Gasteiger partial charge < -0.3 is 24.3 Å². The van der Waals surface area contributed by atoms with Crippen LogP contribution in [0.25, 0.3) is 0 Å². The van der Waals surface area contributed by atoms with Crippen molar-refractivity contribution in [2.75, 3.05) is 34.0 Å². The summed E-state index contributed by atoms with van der Waals surface area (Å²) < 4.78 is 21.1. The van der Waals surface area contributed by atoms with Crippen LogP contribution >= 0.6 is 0 Å². The zero-order valence-corrected chi connectivity index (χ0v) is 12.9. The van der Waals surface area contributed by atoms with E-state index in [9.17, 15) is 4.79 Å². The third-order valence-electron chi connectivity index (χ3n) is 3.41. The van der Waals surface area contributed by atoms with Crippen LogP contribution in [0, 0.1) is 0 Å². The van der Waals surface area contributed by atoms with Crippen LogP contribution in [0.2, 0.25) is 0 Å². The van der Waals surface area contributed by atoms with E-state index in [0.717, 1.165) is 12.8 Å². The number of methoxy groups -OCH3 is 2. The van der Waals surface area contributed by atoms with Gasteiger partial charge in [-0.05, 0) is 6.07 Å². The van der Waals surface area contributed by atoms with E-state index < -0.39 is 6.29 Å². The van der Waals surface area contributed by atoms with Crippen LogP contribution in [0.5, 0.6) is 5.88 Å². The molecule has 1 aromatic heterocycles. The number of rotatable bonds is 7. The first kappa shape index (κ1) is 16.7. The van der Waals surface area contributed by atoms with Gasteiger partial charge in [0.2, 0.25) is 5.88 Å². The standard InChI is InChI=1S/C15H22N2O5/c1-19-14(20-2)10-17-15(18)11-3-4-13(16-9-11)22-12-5-7-21-8-6-12/h3-4,9,12,14H,5-8,10H2,1-2H3,(H,17,18). The van der Waals surface area contributed by atoms with Gasteiger partial charge in [-0.25, -0.2) is 4.98 Å². The Bertz CT molecular complexity index is 456. The first-order valence-electron chi connectivity index (χ1n) is 7.27. The molecule has 0 saturated carbocycles. The number of hydrogen-bond acceptors (Lipinski definition) is 6. The average Bonchev–Trinajstić information content (AvgIpc) is 2.57. The maximum Gasteiger partial charge on any atom is 0.253 e. The van der Waals surface area contributed by atoms with Gasteiger partial charge in [0.05, 0.1) is 25.3 Å². The van der Waals surface area contributed by atoms with Crippen molar-refractivity contribution >= 4 is 5.91 Å². The van der Waals surface area contributed by atoms with E-state index in [-0.39, 0.29) is 18.6 Å². The molecule has 122 valence electrons. The third-order valence-corrected chi connectivity index (χ3v) is 3.41. The summed E-state index contributed by atoms with van der Waals surface area (Å²) in [5.74, 6) is 0.291. The van der Waals surface area contributed by atoms with E-state index in [1.165, 1.54) is 20.4 Å². The fraction of sp³-hybridized carbons (Fsp3) is 0.600. The van der Waals surface area contributed by atoms with Gasteiger partial charge in [-0.2, -0.15) is 0 Å². The molecule has 22 heavy (non-hydrogen) atoms. The van der Waals surface area contributed by atoms with Crippen molar-refractivity contribution in [3.63, 3.8) is 0 Å². The molecule has 7 heteroatoms. The lowest BCUT2D eigenvalue weighted by atomic mass is 10.1. The summed E-state index contributed by atoms with van der Waals surface area (Å²) in [6.07, 6.45) is 2.88. The average molecular weight is 310 g/mol. The molecule has 0 aromatic carbocycles. The highest BCUT2D eigenvalue weighted by Gasteiger charge is 2.16. The number of carbonyl (C=O) groups excluding carboxylic acids is 1. The van der Waals surface area contributed by atoms with Gasteiger partial charge in [-0.15, -0.1) is 0 Å². The Morgan fingerprint density at radius 1 is 1.36 bits per heavy atom. The molecule has 1 fully saturated rings. The first-order valence-corrected chi connectivity index (χ1v) is 7.27. The second-order valence-corrected chi connectivity index (χ2v) is 4.93. The van der Waals surface area contributed by atoms with E-state index in [1.807, 2.05) is 0 Å². The summed E-state index contributed by atoms with van der Waals surface area (Å²) in [7, 11) is 3.04. The topological polar surface area (TPSA) is 78.9 Å². The van der Waals surface area contributed by atoms with Gasteiger partial charge in [0.1, 0.15) is 6.10 Å². The van der Waals surface area contributed by atoms with Crippen LogP contribution < -0.4 is 10.1 Å². The van der Waals surface area contributed by atoms with Gasteiger partial charge in [-0.3, -0.25) is 4.79 Å². The Morgan fingerprint density at radius 3 is 2.68 bits per heavy atom. The molecular weight excluding hydrogens is 288 g/mol. The van der Waals surface area contributed by atoms with Crippen molar-refractivity contribution in [2.24, 2.45) is 0 Å². The molecule has 0 bridgehead atoms. The lowest BCUT2D eigenvalue weighted by Crippen LogP contribution is -2.34. The summed E-state index contributed by atoms with van der Waals surface area (Å²) in [4.78, 5) is 16.1. The second kappa shape index (κ2) is 8.67. The predicted molar refractivity (Wildman–Crippen MR) is 78.8 cm³/mol. The first-order chi connectivity index (χ1) is 10.7. The Kier molecular flexibility index (Phi) is 6.57. The molecule has 2 rings (SSSR count). The molecule has 1 N–H and O–H groups in total. The quantitative estimate of drug-likeness (QED) is 0.757. The Labute approximate surface area is 129 Å². The molecule has 0 unspecified atom stereocenters. The van der Waals surface area contributed by atoms with Crippen LogP contribution in [0.4, 0.5) is 0 Å². The zero-order valence-electron chi connectivity index (χ0n) is 12.9. The number of ether oxygens (including phenoxy) is 4. The SMILES string of the molecule is COC(CNC(=O)c1ccc(OC2CCOCC2)nc1)OC. The van der Waals surface area contributed by atoms with Gasteiger partial charge in [0.15, 0.2) is 6.29 Å². The summed E-state index contributed by atoms with van der Waals surface area (Å²) in [5, 5.41) is 2.72.